The summed E-state index contributed by atoms with van der Waals surface area (Å²) < 4.78 is 64.0. The summed E-state index contributed by atoms with van der Waals surface area (Å²) in [6.07, 6.45) is -5.48. The van der Waals surface area contributed by atoms with E-state index in [4.69, 9.17) is 9.05 Å². The second-order valence-electron chi connectivity index (χ2n) is 5.98. The predicted octanol–water partition coefficient (Wildman–Crippen LogP) is 3.26. The fourth-order valence-corrected chi connectivity index (χ4v) is 4.53. The number of hydrogen-bond donors (Lipinski definition) is 1. The maximum Gasteiger partial charge on any atom is 0.423 e. The van der Waals surface area contributed by atoms with Crippen molar-refractivity contribution in [3.8, 4) is 0 Å². The Kier molecular flexibility index (Phi) is 5.67. The number of H-pyrrole nitrogens is 1. The molecular weight excluding hydrogens is 434 g/mol. The Labute approximate surface area is 165 Å². The average molecular weight is 449 g/mol. The summed E-state index contributed by atoms with van der Waals surface area (Å²) in [7, 11) is -3.72. The van der Waals surface area contributed by atoms with Crippen LogP contribution in [0.1, 0.15) is 25.2 Å². The number of nitrogens with one attached hydrogen (secondary N) is 1. The molecule has 2 aromatic heterocycles. The lowest BCUT2D eigenvalue weighted by Gasteiger charge is -2.16. The lowest BCUT2D eigenvalue weighted by Crippen LogP contribution is -2.15. The molecule has 0 radical (unpaired) electrons. The van der Waals surface area contributed by atoms with Crippen LogP contribution in [0.15, 0.2) is 16.9 Å². The van der Waals surface area contributed by atoms with E-state index in [9.17, 15) is 32.6 Å². The molecule has 15 heteroatoms. The molecule has 0 saturated heterocycles. The summed E-state index contributed by atoms with van der Waals surface area (Å²) in [5.41, 5.74) is -4.49. The SMILES string of the molecule is CCOP(=O)(Cc1nnc2c(=O)[nH]c3cc(C(F)(F)F)c([N+](=O)[O-])cc3n12)OCC. The molecule has 0 aliphatic rings. The van der Waals surface area contributed by atoms with Gasteiger partial charge in [0.05, 0.1) is 29.2 Å². The van der Waals surface area contributed by atoms with Crippen molar-refractivity contribution in [3.63, 3.8) is 0 Å². The van der Waals surface area contributed by atoms with Gasteiger partial charge in [0, 0.05) is 6.07 Å². The number of fused-ring (bicyclic) bond motifs is 3. The predicted molar refractivity (Wildman–Crippen MR) is 97.3 cm³/mol. The minimum atomic E-state index is -5.03. The molecule has 11 nitrogen and oxygen atoms in total. The molecule has 0 atom stereocenters. The third-order valence-electron chi connectivity index (χ3n) is 4.03. The smallest absolute Gasteiger partial charge is 0.317 e. The van der Waals surface area contributed by atoms with Gasteiger partial charge >= 0.3 is 13.8 Å². The summed E-state index contributed by atoms with van der Waals surface area (Å²) in [5.74, 6) is -0.125. The van der Waals surface area contributed by atoms with E-state index in [0.29, 0.717) is 12.1 Å². The fraction of sp³-hybridized carbons (Fsp3) is 0.400. The molecule has 0 fully saturated rings. The number of nitro benzene ring substituents is 1. The van der Waals surface area contributed by atoms with Gasteiger partial charge in [-0.25, -0.2) is 0 Å². The molecule has 0 aliphatic carbocycles. The Bertz CT molecular complexity index is 1230. The van der Waals surface area contributed by atoms with E-state index in [1.54, 1.807) is 13.8 Å². The van der Waals surface area contributed by atoms with Crippen molar-refractivity contribution >= 4 is 30.0 Å². The molecule has 0 aliphatic heterocycles. The zero-order valence-electron chi connectivity index (χ0n) is 15.6. The molecular formula is C15H15F3N5O6P. The van der Waals surface area contributed by atoms with Crippen molar-refractivity contribution in [1.82, 2.24) is 19.6 Å². The first kappa shape index (κ1) is 21.9. The Morgan fingerprint density at radius 3 is 2.40 bits per heavy atom. The van der Waals surface area contributed by atoms with Crippen LogP contribution >= 0.6 is 7.60 Å². The molecule has 3 aromatic rings. The molecule has 1 N–H and O–H groups in total. The first-order chi connectivity index (χ1) is 14.0. The van der Waals surface area contributed by atoms with E-state index in [1.807, 2.05) is 0 Å². The number of rotatable bonds is 7. The van der Waals surface area contributed by atoms with Crippen molar-refractivity contribution in [1.29, 1.82) is 0 Å². The van der Waals surface area contributed by atoms with Crippen LogP contribution in [0, 0.1) is 10.1 Å². The van der Waals surface area contributed by atoms with Gasteiger partial charge < -0.3 is 14.0 Å². The van der Waals surface area contributed by atoms with Gasteiger partial charge in [0.15, 0.2) is 0 Å². The molecule has 3 rings (SSSR count). The summed E-state index contributed by atoms with van der Waals surface area (Å²) in [5, 5.41) is 18.7. The number of aromatic amines is 1. The number of halogens is 3. The van der Waals surface area contributed by atoms with Crippen LogP contribution < -0.4 is 5.56 Å². The van der Waals surface area contributed by atoms with Crippen molar-refractivity contribution < 1.29 is 31.7 Å². The van der Waals surface area contributed by atoms with Crippen LogP contribution in [0.2, 0.25) is 0 Å². The van der Waals surface area contributed by atoms with Crippen LogP contribution in [-0.4, -0.2) is 37.7 Å². The van der Waals surface area contributed by atoms with Crippen LogP contribution in [0.25, 0.3) is 16.7 Å². The number of nitrogens with zero attached hydrogens (tertiary/aromatic N) is 4. The topological polar surface area (TPSA) is 142 Å². The van der Waals surface area contributed by atoms with Gasteiger partial charge in [0.2, 0.25) is 5.65 Å². The minimum Gasteiger partial charge on any atom is -0.317 e. The molecule has 2 heterocycles. The number of alkyl halides is 3. The van der Waals surface area contributed by atoms with Gasteiger partial charge in [-0.3, -0.25) is 23.9 Å². The van der Waals surface area contributed by atoms with Gasteiger partial charge in [-0.15, -0.1) is 10.2 Å². The highest BCUT2D eigenvalue weighted by molar-refractivity contribution is 7.53. The van der Waals surface area contributed by atoms with Gasteiger partial charge in [-0.1, -0.05) is 0 Å². The van der Waals surface area contributed by atoms with Crippen LogP contribution in [0.5, 0.6) is 0 Å². The first-order valence-corrected chi connectivity index (χ1v) is 10.3. The van der Waals surface area contributed by atoms with Crippen molar-refractivity contribution in [2.45, 2.75) is 26.2 Å². The van der Waals surface area contributed by atoms with E-state index >= 15 is 0 Å². The maximum atomic E-state index is 13.3. The molecule has 0 bridgehead atoms. The minimum absolute atomic E-state index is 0.0375. The molecule has 0 unspecified atom stereocenters. The Hall–Kier alpha value is -2.83. The summed E-state index contributed by atoms with van der Waals surface area (Å²) in [6, 6.07) is 1.11. The van der Waals surface area contributed by atoms with Crippen molar-refractivity contribution in [3.05, 3.63) is 44.0 Å². The largest absolute Gasteiger partial charge is 0.423 e. The highest BCUT2D eigenvalue weighted by atomic mass is 31.2. The Balaban J connectivity index is 2.34. The Morgan fingerprint density at radius 2 is 1.87 bits per heavy atom. The van der Waals surface area contributed by atoms with Gasteiger partial charge in [0.25, 0.3) is 11.2 Å². The van der Waals surface area contributed by atoms with Gasteiger partial charge in [0.1, 0.15) is 17.5 Å². The normalized spacial score (nSPS) is 12.7. The maximum absolute atomic E-state index is 13.3. The number of nitro groups is 1. The second-order valence-corrected chi connectivity index (χ2v) is 8.03. The fourth-order valence-electron chi connectivity index (χ4n) is 2.93. The van der Waals surface area contributed by atoms with Crippen LogP contribution in [0.3, 0.4) is 0 Å². The standard InChI is InChI=1S/C15H15F3N5O6P/c1-3-28-30(27,29-4-2)7-12-20-21-13-14(24)19-9-5-8(15(16,17)18)10(23(25)26)6-11(9)22(12)13/h5-6H,3-4,7H2,1-2H3,(H,19,24). The van der Waals surface area contributed by atoms with Gasteiger partial charge in [-0.2, -0.15) is 13.2 Å². The van der Waals surface area contributed by atoms with Crippen molar-refractivity contribution in [2.24, 2.45) is 0 Å². The molecule has 0 spiro atoms. The van der Waals surface area contributed by atoms with Crippen LogP contribution in [-0.2, 0) is 26.0 Å². The quantitative estimate of drug-likeness (QED) is 0.329. The average Bonchev–Trinajstić information content (AvgIpc) is 3.04. The van der Waals surface area contributed by atoms with E-state index in [1.165, 1.54) is 0 Å². The summed E-state index contributed by atoms with van der Waals surface area (Å²) >= 11 is 0. The lowest BCUT2D eigenvalue weighted by molar-refractivity contribution is -0.387. The zero-order valence-corrected chi connectivity index (χ0v) is 16.5. The first-order valence-electron chi connectivity index (χ1n) is 8.54. The third kappa shape index (κ3) is 3.93. The third-order valence-corrected chi connectivity index (χ3v) is 6.00. The van der Waals surface area contributed by atoms with E-state index in [2.05, 4.69) is 15.2 Å². The van der Waals surface area contributed by atoms with Crippen LogP contribution in [0.4, 0.5) is 18.9 Å². The highest BCUT2D eigenvalue weighted by Crippen LogP contribution is 2.51. The zero-order chi connectivity index (χ0) is 22.3. The van der Waals surface area contributed by atoms with E-state index < -0.39 is 41.7 Å². The van der Waals surface area contributed by atoms with Crippen molar-refractivity contribution in [2.75, 3.05) is 13.2 Å². The summed E-state index contributed by atoms with van der Waals surface area (Å²) in [4.78, 5) is 24.5. The summed E-state index contributed by atoms with van der Waals surface area (Å²) in [6.45, 7) is 3.23. The lowest BCUT2D eigenvalue weighted by atomic mass is 10.1. The van der Waals surface area contributed by atoms with Gasteiger partial charge in [-0.05, 0) is 19.9 Å². The molecule has 0 amide bonds. The van der Waals surface area contributed by atoms with E-state index in [0.717, 1.165) is 4.40 Å². The molecule has 30 heavy (non-hydrogen) atoms. The number of hydrogen-bond acceptors (Lipinski definition) is 8. The molecule has 162 valence electrons. The Morgan fingerprint density at radius 1 is 1.23 bits per heavy atom. The molecule has 1 aromatic carbocycles. The van der Waals surface area contributed by atoms with E-state index in [-0.39, 0.29) is 35.7 Å². The highest BCUT2D eigenvalue weighted by Gasteiger charge is 2.39. The monoisotopic (exact) mass is 449 g/mol. The second kappa shape index (κ2) is 7.78. The number of aromatic nitrogens is 4. The molecule has 0 saturated carbocycles. The number of benzene rings is 1.